The van der Waals surface area contributed by atoms with Crippen LogP contribution in [0.2, 0.25) is 0 Å². The van der Waals surface area contributed by atoms with Crippen LogP contribution in [0.1, 0.15) is 77.5 Å². The van der Waals surface area contributed by atoms with Gasteiger partial charge in [-0.2, -0.15) is 0 Å². The number of hydrogen-bond acceptors (Lipinski definition) is 3. The molecule has 1 aromatic carbocycles. The van der Waals surface area contributed by atoms with Crippen LogP contribution in [0.5, 0.6) is 0 Å². The highest BCUT2D eigenvalue weighted by Gasteiger charge is 2.25. The maximum absolute atomic E-state index is 11.2. The summed E-state index contributed by atoms with van der Waals surface area (Å²) in [6.07, 6.45) is 4.24. The molecule has 0 aliphatic carbocycles. The molecule has 0 saturated carbocycles. The highest BCUT2D eigenvalue weighted by Crippen LogP contribution is 2.35. The van der Waals surface area contributed by atoms with Gasteiger partial charge in [0, 0.05) is 0 Å². The van der Waals surface area contributed by atoms with E-state index in [1.165, 1.54) is 16.7 Å². The van der Waals surface area contributed by atoms with Gasteiger partial charge in [0.2, 0.25) is 0 Å². The quantitative estimate of drug-likeness (QED) is 0.299. The molecule has 0 aliphatic heterocycles. The molecule has 0 radical (unpaired) electrons. The van der Waals surface area contributed by atoms with Crippen LogP contribution in [0.3, 0.4) is 0 Å². The zero-order chi connectivity index (χ0) is 19.1. The molecule has 0 aromatic heterocycles. The Kier molecular flexibility index (Phi) is 7.72. The summed E-state index contributed by atoms with van der Waals surface area (Å²) >= 11 is 0. The smallest absolute Gasteiger partial charge is 0.434 e. The van der Waals surface area contributed by atoms with Gasteiger partial charge in [0.25, 0.3) is 0 Å². The topological polar surface area (TPSA) is 35.5 Å². The van der Waals surface area contributed by atoms with E-state index in [4.69, 9.17) is 4.74 Å². The van der Waals surface area contributed by atoms with Crippen molar-refractivity contribution in [2.45, 2.75) is 78.1 Å². The molecule has 1 aromatic rings. The van der Waals surface area contributed by atoms with E-state index in [1.54, 1.807) is 0 Å². The van der Waals surface area contributed by atoms with Gasteiger partial charge in [-0.25, -0.2) is 4.79 Å². The first-order valence-electron chi connectivity index (χ1n) is 9.26. The molecule has 0 saturated heterocycles. The van der Waals surface area contributed by atoms with Gasteiger partial charge in [0.15, 0.2) is 0 Å². The lowest BCUT2D eigenvalue weighted by Gasteiger charge is -2.31. The molecule has 0 heterocycles. The number of hydrogen-bond donors (Lipinski definition) is 0. The summed E-state index contributed by atoms with van der Waals surface area (Å²) in [6, 6.07) is 6.89. The second kappa shape index (κ2) is 9.07. The summed E-state index contributed by atoms with van der Waals surface area (Å²) in [5, 5.41) is 0. The lowest BCUT2D eigenvalue weighted by molar-refractivity contribution is 0.0840. The van der Waals surface area contributed by atoms with Gasteiger partial charge in [0.1, 0.15) is 0 Å². The third-order valence-corrected chi connectivity index (χ3v) is 5.38. The Hall–Kier alpha value is -1.77. The fourth-order valence-electron chi connectivity index (χ4n) is 2.76. The van der Waals surface area contributed by atoms with E-state index in [9.17, 15) is 4.79 Å². The standard InChI is InChI=1S/C22H34O3/c1-8-21(4,5)18-14-13-17(19(16-18)22(6,7)9-2)12-11-15-25-20(23)24-10-3/h10,13-14,16H,3,8-9,11-12,15H2,1-2,4-7H3. The SMILES string of the molecule is C=COC(=O)OCCCc1ccc(C(C)(C)CC)cc1C(C)(C)CC. The number of ether oxygens (including phenoxy) is 2. The van der Waals surface area contributed by atoms with E-state index >= 15 is 0 Å². The van der Waals surface area contributed by atoms with Crippen molar-refractivity contribution >= 4 is 6.16 Å². The second-order valence-electron chi connectivity index (χ2n) is 7.83. The average molecular weight is 347 g/mol. The minimum atomic E-state index is -0.691. The van der Waals surface area contributed by atoms with E-state index in [0.29, 0.717) is 6.61 Å². The zero-order valence-electron chi connectivity index (χ0n) is 16.8. The molecule has 0 bridgehead atoms. The molecule has 140 valence electrons. The van der Waals surface area contributed by atoms with Crippen LogP contribution >= 0.6 is 0 Å². The van der Waals surface area contributed by atoms with Crippen molar-refractivity contribution in [3.8, 4) is 0 Å². The number of rotatable bonds is 9. The van der Waals surface area contributed by atoms with Crippen molar-refractivity contribution in [2.75, 3.05) is 6.61 Å². The first kappa shape index (κ1) is 21.3. The molecule has 0 amide bonds. The summed E-state index contributed by atoms with van der Waals surface area (Å²) in [5.41, 5.74) is 4.43. The Labute approximate surface area is 153 Å². The minimum Gasteiger partial charge on any atom is -0.434 e. The molecule has 0 aliphatic rings. The lowest BCUT2D eigenvalue weighted by Crippen LogP contribution is -2.22. The normalized spacial score (nSPS) is 11.9. The Morgan fingerprint density at radius 2 is 1.76 bits per heavy atom. The van der Waals surface area contributed by atoms with Crippen LogP contribution in [-0.2, 0) is 26.7 Å². The highest BCUT2D eigenvalue weighted by atomic mass is 16.7. The van der Waals surface area contributed by atoms with Gasteiger partial charge in [-0.3, -0.25) is 0 Å². The van der Waals surface area contributed by atoms with Crippen LogP contribution in [0.15, 0.2) is 31.0 Å². The van der Waals surface area contributed by atoms with Crippen molar-refractivity contribution in [2.24, 2.45) is 0 Å². The van der Waals surface area contributed by atoms with Crippen LogP contribution in [-0.4, -0.2) is 12.8 Å². The molecule has 25 heavy (non-hydrogen) atoms. The van der Waals surface area contributed by atoms with Crippen molar-refractivity contribution in [3.63, 3.8) is 0 Å². The molecule has 0 fully saturated rings. The van der Waals surface area contributed by atoms with E-state index in [-0.39, 0.29) is 10.8 Å². The maximum Gasteiger partial charge on any atom is 0.513 e. The fraction of sp³-hybridized carbons (Fsp3) is 0.591. The maximum atomic E-state index is 11.2. The van der Waals surface area contributed by atoms with Gasteiger partial charge in [-0.15, -0.1) is 0 Å². The van der Waals surface area contributed by atoms with Gasteiger partial charge in [0.05, 0.1) is 12.9 Å². The van der Waals surface area contributed by atoms with Gasteiger partial charge < -0.3 is 9.47 Å². The molecule has 0 N–H and O–H groups in total. The van der Waals surface area contributed by atoms with Crippen LogP contribution in [0.4, 0.5) is 4.79 Å². The zero-order valence-corrected chi connectivity index (χ0v) is 16.8. The van der Waals surface area contributed by atoms with Crippen molar-refractivity contribution in [1.82, 2.24) is 0 Å². The van der Waals surface area contributed by atoms with Crippen molar-refractivity contribution in [3.05, 3.63) is 47.7 Å². The summed E-state index contributed by atoms with van der Waals surface area (Å²) < 4.78 is 9.58. The molecular formula is C22H34O3. The van der Waals surface area contributed by atoms with Gasteiger partial charge in [-0.1, -0.05) is 66.3 Å². The summed E-state index contributed by atoms with van der Waals surface area (Å²) in [6.45, 7) is 17.3. The predicted octanol–water partition coefficient (Wildman–Crippen LogP) is 6.29. The van der Waals surface area contributed by atoms with Crippen LogP contribution < -0.4 is 0 Å². The average Bonchev–Trinajstić information content (AvgIpc) is 2.58. The monoisotopic (exact) mass is 346 g/mol. The summed E-state index contributed by atoms with van der Waals surface area (Å²) in [7, 11) is 0. The van der Waals surface area contributed by atoms with Crippen LogP contribution in [0.25, 0.3) is 0 Å². The molecular weight excluding hydrogens is 312 g/mol. The van der Waals surface area contributed by atoms with Gasteiger partial charge >= 0.3 is 6.16 Å². The fourth-order valence-corrected chi connectivity index (χ4v) is 2.76. The van der Waals surface area contributed by atoms with Crippen LogP contribution in [0, 0.1) is 0 Å². The Bertz CT molecular complexity index is 585. The molecule has 0 spiro atoms. The number of carbonyl (C=O) groups excluding carboxylic acids is 1. The lowest BCUT2D eigenvalue weighted by atomic mass is 9.74. The van der Waals surface area contributed by atoms with E-state index < -0.39 is 6.16 Å². The Morgan fingerprint density at radius 3 is 2.32 bits per heavy atom. The molecule has 0 atom stereocenters. The first-order chi connectivity index (χ1) is 11.7. The van der Waals surface area contributed by atoms with Crippen molar-refractivity contribution < 1.29 is 14.3 Å². The minimum absolute atomic E-state index is 0.123. The number of benzene rings is 1. The van der Waals surface area contributed by atoms with E-state index in [1.807, 2.05) is 0 Å². The molecule has 3 nitrogen and oxygen atoms in total. The predicted molar refractivity (Wildman–Crippen MR) is 104 cm³/mol. The Balaban J connectivity index is 2.95. The van der Waals surface area contributed by atoms with E-state index in [0.717, 1.165) is 31.9 Å². The van der Waals surface area contributed by atoms with E-state index in [2.05, 4.69) is 71.1 Å². The van der Waals surface area contributed by atoms with Gasteiger partial charge in [-0.05, 0) is 53.2 Å². The second-order valence-corrected chi connectivity index (χ2v) is 7.83. The highest BCUT2D eigenvalue weighted by molar-refractivity contribution is 5.60. The van der Waals surface area contributed by atoms with Crippen molar-refractivity contribution in [1.29, 1.82) is 0 Å². The Morgan fingerprint density at radius 1 is 1.12 bits per heavy atom. The molecule has 3 heteroatoms. The largest absolute Gasteiger partial charge is 0.513 e. The molecule has 0 unspecified atom stereocenters. The molecule has 1 rings (SSSR count). The third kappa shape index (κ3) is 5.91. The number of aryl methyl sites for hydroxylation is 1. The summed E-state index contributed by atoms with van der Waals surface area (Å²) in [4.78, 5) is 11.2. The first-order valence-corrected chi connectivity index (χ1v) is 9.26. The summed E-state index contributed by atoms with van der Waals surface area (Å²) in [5.74, 6) is 0. The third-order valence-electron chi connectivity index (χ3n) is 5.38. The number of carbonyl (C=O) groups is 1.